The number of aliphatic hydroxyl groups is 1. The summed E-state index contributed by atoms with van der Waals surface area (Å²) in [5, 5.41) is 20.2. The van der Waals surface area contributed by atoms with Crippen molar-refractivity contribution in [2.75, 3.05) is 64.5 Å². The summed E-state index contributed by atoms with van der Waals surface area (Å²) in [7, 11) is 1.67. The Morgan fingerprint density at radius 2 is 2.10 bits per heavy atom. The molecule has 8 heteroatoms. The Labute approximate surface area is 118 Å². The van der Waals surface area contributed by atoms with Crippen molar-refractivity contribution in [2.24, 2.45) is 0 Å². The van der Waals surface area contributed by atoms with E-state index in [1.807, 2.05) is 0 Å². The van der Waals surface area contributed by atoms with Crippen molar-refractivity contribution in [2.45, 2.75) is 6.54 Å². The van der Waals surface area contributed by atoms with Crippen molar-refractivity contribution in [3.63, 3.8) is 0 Å². The summed E-state index contributed by atoms with van der Waals surface area (Å²) in [6, 6.07) is 0.581. The van der Waals surface area contributed by atoms with Gasteiger partial charge in [-0.3, -0.25) is 4.90 Å². The molecule has 0 atom stereocenters. The lowest BCUT2D eigenvalue weighted by Crippen LogP contribution is -2.47. The highest BCUT2D eigenvalue weighted by Gasteiger charge is 2.20. The minimum Gasteiger partial charge on any atom is -0.407 e. The van der Waals surface area contributed by atoms with Gasteiger partial charge in [0.1, 0.15) is 0 Å². The maximum Gasteiger partial charge on any atom is 0.318 e. The average Bonchev–Trinajstić information content (AvgIpc) is 2.94. The molecule has 20 heavy (non-hydrogen) atoms. The molecule has 2 heterocycles. The summed E-state index contributed by atoms with van der Waals surface area (Å²) >= 11 is 0. The van der Waals surface area contributed by atoms with Gasteiger partial charge in [-0.1, -0.05) is 5.10 Å². The van der Waals surface area contributed by atoms with Gasteiger partial charge in [0.15, 0.2) is 0 Å². The molecule has 0 aromatic carbocycles. The van der Waals surface area contributed by atoms with Crippen LogP contribution in [0.2, 0.25) is 0 Å². The molecule has 1 aliphatic rings. The molecular formula is C12H23N5O3. The molecule has 114 valence electrons. The van der Waals surface area contributed by atoms with Gasteiger partial charge < -0.3 is 24.5 Å². The first-order valence-corrected chi connectivity index (χ1v) is 6.93. The van der Waals surface area contributed by atoms with Gasteiger partial charge in [0.2, 0.25) is 5.89 Å². The number of aromatic nitrogens is 2. The van der Waals surface area contributed by atoms with Gasteiger partial charge in [-0.05, 0) is 0 Å². The predicted molar refractivity (Wildman–Crippen MR) is 73.6 cm³/mol. The second-order valence-electron chi connectivity index (χ2n) is 4.70. The largest absolute Gasteiger partial charge is 0.407 e. The smallest absolute Gasteiger partial charge is 0.318 e. The molecule has 2 rings (SSSR count). The number of aliphatic hydroxyl groups excluding tert-OH is 1. The molecule has 0 unspecified atom stereocenters. The third-order valence-electron chi connectivity index (χ3n) is 3.27. The average molecular weight is 285 g/mol. The number of nitrogens with zero attached hydrogens (tertiary/aromatic N) is 4. The number of nitrogens with one attached hydrogen (secondary N) is 1. The first-order chi connectivity index (χ1) is 9.83. The molecule has 1 saturated heterocycles. The SMILES string of the molecule is COCCNCc1nnc(N2CCN(CCO)CC2)o1. The van der Waals surface area contributed by atoms with E-state index in [1.165, 1.54) is 0 Å². The third kappa shape index (κ3) is 4.41. The van der Waals surface area contributed by atoms with Crippen LogP contribution in [0.1, 0.15) is 5.89 Å². The summed E-state index contributed by atoms with van der Waals surface area (Å²) in [6.45, 7) is 6.42. The molecule has 0 spiro atoms. The predicted octanol–water partition coefficient (Wildman–Crippen LogP) is -1.08. The molecular weight excluding hydrogens is 262 g/mol. The van der Waals surface area contributed by atoms with Crippen LogP contribution in [0, 0.1) is 0 Å². The highest BCUT2D eigenvalue weighted by atomic mass is 16.5. The fraction of sp³-hybridized carbons (Fsp3) is 0.833. The van der Waals surface area contributed by atoms with Crippen molar-refractivity contribution in [3.05, 3.63) is 5.89 Å². The Balaban J connectivity index is 1.75. The number of ether oxygens (including phenoxy) is 1. The molecule has 0 aliphatic carbocycles. The van der Waals surface area contributed by atoms with Gasteiger partial charge >= 0.3 is 6.01 Å². The fourth-order valence-corrected chi connectivity index (χ4v) is 2.12. The number of rotatable bonds is 8. The maximum absolute atomic E-state index is 8.91. The summed E-state index contributed by atoms with van der Waals surface area (Å²) in [5.74, 6) is 0.592. The third-order valence-corrected chi connectivity index (χ3v) is 3.27. The number of β-amino-alcohol motifs (C(OH)–C–C–N with tert-alkyl or cyclic N) is 1. The first-order valence-electron chi connectivity index (χ1n) is 6.93. The van der Waals surface area contributed by atoms with E-state index in [-0.39, 0.29) is 6.61 Å². The Kier molecular flexibility index (Phi) is 6.19. The Morgan fingerprint density at radius 3 is 2.80 bits per heavy atom. The monoisotopic (exact) mass is 285 g/mol. The summed E-state index contributed by atoms with van der Waals surface area (Å²) < 4.78 is 10.6. The van der Waals surface area contributed by atoms with Crippen LogP contribution in [0.3, 0.4) is 0 Å². The van der Waals surface area contributed by atoms with E-state index in [1.54, 1.807) is 7.11 Å². The van der Waals surface area contributed by atoms with Crippen LogP contribution >= 0.6 is 0 Å². The Hall–Kier alpha value is -1.22. The molecule has 1 aliphatic heterocycles. The lowest BCUT2D eigenvalue weighted by molar-refractivity contribution is 0.186. The highest BCUT2D eigenvalue weighted by Crippen LogP contribution is 2.14. The zero-order chi connectivity index (χ0) is 14.2. The highest BCUT2D eigenvalue weighted by molar-refractivity contribution is 5.25. The molecule has 0 amide bonds. The van der Waals surface area contributed by atoms with Crippen molar-refractivity contribution < 1.29 is 14.3 Å². The Morgan fingerprint density at radius 1 is 1.30 bits per heavy atom. The van der Waals surface area contributed by atoms with E-state index in [9.17, 15) is 0 Å². The van der Waals surface area contributed by atoms with Crippen molar-refractivity contribution in [1.29, 1.82) is 0 Å². The van der Waals surface area contributed by atoms with Gasteiger partial charge in [-0.2, -0.15) is 0 Å². The second-order valence-corrected chi connectivity index (χ2v) is 4.70. The number of anilines is 1. The summed E-state index contributed by atoms with van der Waals surface area (Å²) in [6.07, 6.45) is 0. The summed E-state index contributed by atoms with van der Waals surface area (Å²) in [5.41, 5.74) is 0. The number of piperazine rings is 1. The number of hydrogen-bond acceptors (Lipinski definition) is 8. The molecule has 0 bridgehead atoms. The lowest BCUT2D eigenvalue weighted by Gasteiger charge is -2.33. The zero-order valence-corrected chi connectivity index (χ0v) is 11.9. The molecule has 0 saturated carbocycles. The lowest BCUT2D eigenvalue weighted by atomic mass is 10.3. The minimum atomic E-state index is 0.206. The molecule has 1 aromatic heterocycles. The molecule has 1 fully saturated rings. The van der Waals surface area contributed by atoms with Gasteiger partial charge in [-0.25, -0.2) is 0 Å². The quantitative estimate of drug-likeness (QED) is 0.583. The first kappa shape index (κ1) is 15.2. The van der Waals surface area contributed by atoms with Gasteiger partial charge in [0.25, 0.3) is 0 Å². The van der Waals surface area contributed by atoms with Crippen LogP contribution in [0.5, 0.6) is 0 Å². The van der Waals surface area contributed by atoms with Crippen LogP contribution in [0.15, 0.2) is 4.42 Å². The maximum atomic E-state index is 8.91. The van der Waals surface area contributed by atoms with E-state index in [2.05, 4.69) is 25.3 Å². The zero-order valence-electron chi connectivity index (χ0n) is 11.9. The van der Waals surface area contributed by atoms with Crippen molar-refractivity contribution >= 4 is 6.01 Å². The Bertz CT molecular complexity index is 379. The van der Waals surface area contributed by atoms with E-state index in [0.717, 1.165) is 39.3 Å². The van der Waals surface area contributed by atoms with Crippen LogP contribution < -0.4 is 10.2 Å². The van der Waals surface area contributed by atoms with Crippen LogP contribution in [0.4, 0.5) is 6.01 Å². The normalized spacial score (nSPS) is 16.8. The van der Waals surface area contributed by atoms with E-state index in [0.29, 0.717) is 25.1 Å². The van der Waals surface area contributed by atoms with Crippen LogP contribution in [-0.4, -0.2) is 79.8 Å². The molecule has 0 radical (unpaired) electrons. The second kappa shape index (κ2) is 8.15. The van der Waals surface area contributed by atoms with Gasteiger partial charge in [-0.15, -0.1) is 5.10 Å². The fourth-order valence-electron chi connectivity index (χ4n) is 2.12. The van der Waals surface area contributed by atoms with E-state index >= 15 is 0 Å². The topological polar surface area (TPSA) is 86.9 Å². The van der Waals surface area contributed by atoms with Crippen molar-refractivity contribution in [1.82, 2.24) is 20.4 Å². The van der Waals surface area contributed by atoms with E-state index in [4.69, 9.17) is 14.3 Å². The van der Waals surface area contributed by atoms with Crippen LogP contribution in [0.25, 0.3) is 0 Å². The van der Waals surface area contributed by atoms with Gasteiger partial charge in [0.05, 0.1) is 19.8 Å². The number of hydrogen-bond donors (Lipinski definition) is 2. The molecule has 1 aromatic rings. The van der Waals surface area contributed by atoms with E-state index < -0.39 is 0 Å². The number of methoxy groups -OCH3 is 1. The van der Waals surface area contributed by atoms with Crippen LogP contribution in [-0.2, 0) is 11.3 Å². The van der Waals surface area contributed by atoms with Gasteiger partial charge in [0, 0.05) is 46.4 Å². The summed E-state index contributed by atoms with van der Waals surface area (Å²) in [4.78, 5) is 4.31. The van der Waals surface area contributed by atoms with Crippen molar-refractivity contribution in [3.8, 4) is 0 Å². The minimum absolute atomic E-state index is 0.206. The standard InChI is InChI=1S/C12H23N5O3/c1-19-9-2-13-10-11-14-15-12(20-11)17-5-3-16(4-6-17)7-8-18/h13,18H,2-10H2,1H3. The molecule has 2 N–H and O–H groups in total. The molecule has 8 nitrogen and oxygen atoms in total.